The molecule has 0 bridgehead atoms. The fourth-order valence-electron chi connectivity index (χ4n) is 1.29. The molecule has 0 aliphatic heterocycles. The zero-order valence-corrected chi connectivity index (χ0v) is 10.4. The lowest BCUT2D eigenvalue weighted by Gasteiger charge is -1.99. The summed E-state index contributed by atoms with van der Waals surface area (Å²) in [6, 6.07) is 8.26. The molecule has 5 heteroatoms. The van der Waals surface area contributed by atoms with Gasteiger partial charge in [-0.3, -0.25) is 4.79 Å². The van der Waals surface area contributed by atoms with Crippen molar-refractivity contribution in [1.82, 2.24) is 0 Å². The summed E-state index contributed by atoms with van der Waals surface area (Å²) >= 11 is 12.9. The molecule has 0 aliphatic carbocycles. The Morgan fingerprint density at radius 3 is 2.31 bits per heavy atom. The van der Waals surface area contributed by atoms with Gasteiger partial charge in [0.25, 0.3) is 0 Å². The largest absolute Gasteiger partial charge is 0.399 e. The standard InChI is InChI=1S/C11H7Cl2NOS/c12-9-5-8(11(13)16-9)10(15)6-1-3-7(14)4-2-6/h1-5H,14H2. The van der Waals surface area contributed by atoms with E-state index in [4.69, 9.17) is 28.9 Å². The van der Waals surface area contributed by atoms with Crippen molar-refractivity contribution in [1.29, 1.82) is 0 Å². The molecule has 0 spiro atoms. The molecule has 2 nitrogen and oxygen atoms in total. The molecular formula is C11H7Cl2NOS. The van der Waals surface area contributed by atoms with E-state index in [2.05, 4.69) is 0 Å². The number of hydrogen-bond donors (Lipinski definition) is 1. The van der Waals surface area contributed by atoms with Gasteiger partial charge in [0.1, 0.15) is 4.34 Å². The van der Waals surface area contributed by atoms with Gasteiger partial charge in [-0.2, -0.15) is 0 Å². The van der Waals surface area contributed by atoms with E-state index in [0.29, 0.717) is 25.5 Å². The molecule has 1 aromatic carbocycles. The predicted molar refractivity (Wildman–Crippen MR) is 68.6 cm³/mol. The number of carbonyl (C=O) groups excluding carboxylic acids is 1. The highest BCUT2D eigenvalue weighted by Crippen LogP contribution is 2.32. The van der Waals surface area contributed by atoms with Gasteiger partial charge in [-0.1, -0.05) is 23.2 Å². The van der Waals surface area contributed by atoms with Crippen LogP contribution in [0.4, 0.5) is 5.69 Å². The Hall–Kier alpha value is -1.03. The van der Waals surface area contributed by atoms with Gasteiger partial charge in [-0.15, -0.1) is 11.3 Å². The number of carbonyl (C=O) groups is 1. The number of nitrogen functional groups attached to an aromatic ring is 1. The number of ketones is 1. The first-order chi connectivity index (χ1) is 7.58. The lowest BCUT2D eigenvalue weighted by atomic mass is 10.1. The summed E-state index contributed by atoms with van der Waals surface area (Å²) in [5.74, 6) is -0.145. The van der Waals surface area contributed by atoms with E-state index in [-0.39, 0.29) is 5.78 Å². The fourth-order valence-corrected chi connectivity index (χ4v) is 2.74. The van der Waals surface area contributed by atoms with E-state index in [1.807, 2.05) is 0 Å². The summed E-state index contributed by atoms with van der Waals surface area (Å²) in [6.45, 7) is 0. The number of thiophene rings is 1. The number of rotatable bonds is 2. The molecule has 1 aromatic heterocycles. The molecule has 0 fully saturated rings. The van der Waals surface area contributed by atoms with Gasteiger partial charge in [-0.25, -0.2) is 0 Å². The number of anilines is 1. The molecule has 0 radical (unpaired) electrons. The van der Waals surface area contributed by atoms with Crippen molar-refractivity contribution in [2.45, 2.75) is 0 Å². The van der Waals surface area contributed by atoms with Crippen molar-refractivity contribution in [2.75, 3.05) is 5.73 Å². The van der Waals surface area contributed by atoms with Gasteiger partial charge < -0.3 is 5.73 Å². The zero-order valence-electron chi connectivity index (χ0n) is 8.04. The minimum absolute atomic E-state index is 0.145. The predicted octanol–water partition coefficient (Wildman–Crippen LogP) is 3.87. The average molecular weight is 272 g/mol. The van der Waals surface area contributed by atoms with Crippen molar-refractivity contribution in [2.24, 2.45) is 0 Å². The average Bonchev–Trinajstić information content (AvgIpc) is 2.58. The minimum atomic E-state index is -0.145. The third-order valence-electron chi connectivity index (χ3n) is 2.07. The van der Waals surface area contributed by atoms with Crippen LogP contribution < -0.4 is 5.73 Å². The quantitative estimate of drug-likeness (QED) is 0.666. The topological polar surface area (TPSA) is 43.1 Å². The van der Waals surface area contributed by atoms with Crippen LogP contribution in [0.15, 0.2) is 30.3 Å². The Kier molecular flexibility index (Phi) is 3.19. The monoisotopic (exact) mass is 271 g/mol. The molecule has 82 valence electrons. The van der Waals surface area contributed by atoms with Crippen LogP contribution in [0.25, 0.3) is 0 Å². The maximum Gasteiger partial charge on any atom is 0.195 e. The molecule has 0 aliphatic rings. The van der Waals surface area contributed by atoms with Crippen molar-refractivity contribution < 1.29 is 4.79 Å². The molecule has 16 heavy (non-hydrogen) atoms. The molecule has 2 rings (SSSR count). The second-order valence-electron chi connectivity index (χ2n) is 3.19. The second kappa shape index (κ2) is 4.45. The van der Waals surface area contributed by atoms with Crippen molar-refractivity contribution in [3.63, 3.8) is 0 Å². The maximum atomic E-state index is 12.0. The van der Waals surface area contributed by atoms with Gasteiger partial charge >= 0.3 is 0 Å². The smallest absolute Gasteiger partial charge is 0.195 e. The summed E-state index contributed by atoms with van der Waals surface area (Å²) in [5, 5.41) is 0. The van der Waals surface area contributed by atoms with E-state index in [1.165, 1.54) is 11.3 Å². The van der Waals surface area contributed by atoms with Crippen LogP contribution in [0.2, 0.25) is 8.67 Å². The first-order valence-corrected chi connectivity index (χ1v) is 6.00. The normalized spacial score (nSPS) is 10.4. The Morgan fingerprint density at radius 1 is 1.19 bits per heavy atom. The van der Waals surface area contributed by atoms with Crippen LogP contribution in [0, 0.1) is 0 Å². The Morgan fingerprint density at radius 2 is 1.81 bits per heavy atom. The van der Waals surface area contributed by atoms with Crippen LogP contribution in [0.3, 0.4) is 0 Å². The minimum Gasteiger partial charge on any atom is -0.399 e. The van der Waals surface area contributed by atoms with Crippen molar-refractivity contribution in [3.05, 3.63) is 50.1 Å². The SMILES string of the molecule is Nc1ccc(C(=O)c2cc(Cl)sc2Cl)cc1. The number of nitrogens with two attached hydrogens (primary N) is 1. The Bertz CT molecular complexity index is 533. The summed E-state index contributed by atoms with van der Waals surface area (Å²) in [5.41, 5.74) is 7.14. The number of hydrogen-bond acceptors (Lipinski definition) is 3. The van der Waals surface area contributed by atoms with Gasteiger partial charge in [-0.05, 0) is 30.3 Å². The Labute approximate surface area is 107 Å². The molecule has 0 saturated heterocycles. The lowest BCUT2D eigenvalue weighted by molar-refractivity contribution is 0.103. The third kappa shape index (κ3) is 2.21. The van der Waals surface area contributed by atoms with Crippen LogP contribution in [0.5, 0.6) is 0 Å². The molecular weight excluding hydrogens is 265 g/mol. The van der Waals surface area contributed by atoms with Crippen molar-refractivity contribution in [3.8, 4) is 0 Å². The molecule has 0 saturated carbocycles. The van der Waals surface area contributed by atoms with Crippen LogP contribution in [-0.2, 0) is 0 Å². The fraction of sp³-hybridized carbons (Fsp3) is 0. The van der Waals surface area contributed by atoms with E-state index in [1.54, 1.807) is 30.3 Å². The molecule has 2 N–H and O–H groups in total. The van der Waals surface area contributed by atoms with E-state index in [9.17, 15) is 4.79 Å². The van der Waals surface area contributed by atoms with Gasteiger partial charge in [0, 0.05) is 11.3 Å². The van der Waals surface area contributed by atoms with Gasteiger partial charge in [0.05, 0.1) is 9.90 Å². The van der Waals surface area contributed by atoms with E-state index in [0.717, 1.165) is 0 Å². The van der Waals surface area contributed by atoms with Gasteiger partial charge in [0.2, 0.25) is 0 Å². The van der Waals surface area contributed by atoms with Crippen LogP contribution in [0.1, 0.15) is 15.9 Å². The Balaban J connectivity index is 2.39. The molecule has 0 amide bonds. The maximum absolute atomic E-state index is 12.0. The molecule has 2 aromatic rings. The summed E-state index contributed by atoms with van der Waals surface area (Å²) in [6.07, 6.45) is 0. The second-order valence-corrected chi connectivity index (χ2v) is 5.47. The van der Waals surface area contributed by atoms with Crippen molar-refractivity contribution >= 4 is 46.0 Å². The highest BCUT2D eigenvalue weighted by atomic mass is 35.5. The van der Waals surface area contributed by atoms with E-state index >= 15 is 0 Å². The summed E-state index contributed by atoms with van der Waals surface area (Å²) in [7, 11) is 0. The first kappa shape index (κ1) is 11.5. The summed E-state index contributed by atoms with van der Waals surface area (Å²) < 4.78 is 0.913. The highest BCUT2D eigenvalue weighted by molar-refractivity contribution is 7.20. The summed E-state index contributed by atoms with van der Waals surface area (Å²) in [4.78, 5) is 12.0. The number of benzene rings is 1. The van der Waals surface area contributed by atoms with Gasteiger partial charge in [0.15, 0.2) is 5.78 Å². The highest BCUT2D eigenvalue weighted by Gasteiger charge is 2.15. The molecule has 0 unspecified atom stereocenters. The molecule has 1 heterocycles. The first-order valence-electron chi connectivity index (χ1n) is 4.43. The number of halogens is 2. The van der Waals surface area contributed by atoms with E-state index < -0.39 is 0 Å². The van der Waals surface area contributed by atoms with Crippen LogP contribution >= 0.6 is 34.5 Å². The third-order valence-corrected chi connectivity index (χ3v) is 3.56. The zero-order chi connectivity index (χ0) is 11.7. The molecule has 0 atom stereocenters. The lowest BCUT2D eigenvalue weighted by Crippen LogP contribution is -2.00. The van der Waals surface area contributed by atoms with Crippen LogP contribution in [-0.4, -0.2) is 5.78 Å².